The number of rotatable bonds is 5. The van der Waals surface area contributed by atoms with Crippen molar-refractivity contribution in [2.24, 2.45) is 0 Å². The fraction of sp³-hybridized carbons (Fsp3) is 0.909. The van der Waals surface area contributed by atoms with Gasteiger partial charge in [0.2, 0.25) is 0 Å². The molecule has 0 spiro atoms. The standard InChI is InChI=1S/C11H20N2O2S/c1-7(14)4-2-3-5-9-10-8(6-16-9)12-11(15)13-10/h8-13,15H,2-6H2,1H3. The number of aliphatic hydroxyl groups is 1. The number of hydrogen-bond acceptors (Lipinski definition) is 5. The number of thioether (sulfide) groups is 1. The summed E-state index contributed by atoms with van der Waals surface area (Å²) in [6.45, 7) is 1.65. The van der Waals surface area contributed by atoms with Crippen LogP contribution < -0.4 is 10.6 Å². The minimum atomic E-state index is -0.532. The van der Waals surface area contributed by atoms with Gasteiger partial charge < -0.3 is 9.90 Å². The number of unbranched alkanes of at least 4 members (excludes halogenated alkanes) is 1. The number of carbonyl (C=O) groups is 1. The van der Waals surface area contributed by atoms with Gasteiger partial charge >= 0.3 is 0 Å². The van der Waals surface area contributed by atoms with Crippen LogP contribution in [-0.2, 0) is 4.79 Å². The van der Waals surface area contributed by atoms with Gasteiger partial charge in [0, 0.05) is 29.5 Å². The van der Waals surface area contributed by atoms with E-state index in [4.69, 9.17) is 0 Å². The molecule has 16 heavy (non-hydrogen) atoms. The number of ketones is 1. The van der Waals surface area contributed by atoms with E-state index < -0.39 is 6.35 Å². The Labute approximate surface area is 101 Å². The Hall–Kier alpha value is -0.100. The molecule has 4 nitrogen and oxygen atoms in total. The van der Waals surface area contributed by atoms with Gasteiger partial charge in [0.15, 0.2) is 6.35 Å². The summed E-state index contributed by atoms with van der Waals surface area (Å²) >= 11 is 1.97. The van der Waals surface area contributed by atoms with Gasteiger partial charge in [0.1, 0.15) is 5.78 Å². The van der Waals surface area contributed by atoms with Crippen LogP contribution in [0.5, 0.6) is 0 Å². The van der Waals surface area contributed by atoms with Crippen LogP contribution in [0.25, 0.3) is 0 Å². The second-order valence-electron chi connectivity index (χ2n) is 4.69. The monoisotopic (exact) mass is 244 g/mol. The molecule has 4 atom stereocenters. The predicted octanol–water partition coefficient (Wildman–Crippen LogP) is 0.457. The smallest absolute Gasteiger partial charge is 0.161 e. The van der Waals surface area contributed by atoms with E-state index in [1.54, 1.807) is 6.92 Å². The number of nitrogens with one attached hydrogen (secondary N) is 2. The molecule has 2 rings (SSSR count). The van der Waals surface area contributed by atoms with Crippen LogP contribution in [0.2, 0.25) is 0 Å². The Balaban J connectivity index is 1.68. The van der Waals surface area contributed by atoms with E-state index >= 15 is 0 Å². The molecule has 0 bridgehead atoms. The summed E-state index contributed by atoms with van der Waals surface area (Å²) in [5.74, 6) is 1.36. The summed E-state index contributed by atoms with van der Waals surface area (Å²) in [4.78, 5) is 10.8. The van der Waals surface area contributed by atoms with Gasteiger partial charge in [-0.05, 0) is 19.8 Å². The van der Waals surface area contributed by atoms with E-state index in [0.717, 1.165) is 25.0 Å². The van der Waals surface area contributed by atoms with Crippen molar-refractivity contribution in [1.29, 1.82) is 0 Å². The molecule has 4 unspecified atom stereocenters. The first kappa shape index (κ1) is 12.4. The summed E-state index contributed by atoms with van der Waals surface area (Å²) in [5, 5.41) is 16.3. The maximum atomic E-state index is 10.8. The summed E-state index contributed by atoms with van der Waals surface area (Å²) < 4.78 is 0. The molecule has 0 aliphatic carbocycles. The van der Waals surface area contributed by atoms with Crippen LogP contribution in [0.3, 0.4) is 0 Å². The number of carbonyl (C=O) groups excluding carboxylic acids is 1. The Kier molecular flexibility index (Phi) is 4.24. The third kappa shape index (κ3) is 2.97. The topological polar surface area (TPSA) is 61.4 Å². The highest BCUT2D eigenvalue weighted by atomic mass is 32.2. The lowest BCUT2D eigenvalue weighted by molar-refractivity contribution is -0.117. The summed E-state index contributed by atoms with van der Waals surface area (Å²) in [6.07, 6.45) is 3.42. The second-order valence-corrected chi connectivity index (χ2v) is 5.96. The van der Waals surface area contributed by atoms with Crippen LogP contribution in [0.4, 0.5) is 0 Å². The highest BCUT2D eigenvalue weighted by molar-refractivity contribution is 8.00. The van der Waals surface area contributed by atoms with Gasteiger partial charge in [-0.25, -0.2) is 0 Å². The van der Waals surface area contributed by atoms with E-state index in [0.29, 0.717) is 23.8 Å². The highest BCUT2D eigenvalue weighted by Gasteiger charge is 2.42. The Morgan fingerprint density at radius 1 is 1.44 bits per heavy atom. The van der Waals surface area contributed by atoms with Crippen molar-refractivity contribution in [2.75, 3.05) is 5.75 Å². The molecule has 0 aromatic heterocycles. The normalized spacial score (nSPS) is 37.6. The summed E-state index contributed by atoms with van der Waals surface area (Å²) in [7, 11) is 0. The quantitative estimate of drug-likeness (QED) is 0.613. The Morgan fingerprint density at radius 3 is 3.00 bits per heavy atom. The van der Waals surface area contributed by atoms with E-state index in [-0.39, 0.29) is 5.78 Å². The second kappa shape index (κ2) is 5.49. The lowest BCUT2D eigenvalue weighted by atomic mass is 10.0. The van der Waals surface area contributed by atoms with Gasteiger partial charge in [0.25, 0.3) is 0 Å². The van der Waals surface area contributed by atoms with E-state index in [9.17, 15) is 9.90 Å². The number of fused-ring (bicyclic) bond motifs is 1. The van der Waals surface area contributed by atoms with Gasteiger partial charge in [-0.15, -0.1) is 0 Å². The summed E-state index contributed by atoms with van der Waals surface area (Å²) in [6, 6.07) is 0.815. The fourth-order valence-corrected chi connectivity index (χ4v) is 4.05. The molecule has 2 aliphatic heterocycles. The third-order valence-electron chi connectivity index (χ3n) is 3.31. The van der Waals surface area contributed by atoms with Crippen LogP contribution in [0.15, 0.2) is 0 Å². The number of Topliss-reactive ketones (excluding diaryl/α,β-unsaturated/α-hetero) is 1. The number of aliphatic hydroxyl groups excluding tert-OH is 1. The van der Waals surface area contributed by atoms with Crippen molar-refractivity contribution in [2.45, 2.75) is 56.3 Å². The molecular formula is C11H20N2O2S. The zero-order valence-electron chi connectivity index (χ0n) is 9.61. The minimum absolute atomic E-state index is 0.285. The van der Waals surface area contributed by atoms with Gasteiger partial charge in [-0.2, -0.15) is 11.8 Å². The molecule has 3 N–H and O–H groups in total. The Bertz CT molecular complexity index is 262. The van der Waals surface area contributed by atoms with Gasteiger partial charge in [-0.3, -0.25) is 10.6 Å². The maximum Gasteiger partial charge on any atom is 0.161 e. The van der Waals surface area contributed by atoms with Crippen molar-refractivity contribution < 1.29 is 9.90 Å². The molecule has 0 amide bonds. The van der Waals surface area contributed by atoms with Crippen molar-refractivity contribution in [1.82, 2.24) is 10.6 Å². The molecule has 0 saturated carbocycles. The first-order chi connectivity index (χ1) is 7.66. The molecule has 2 fully saturated rings. The van der Waals surface area contributed by atoms with Crippen molar-refractivity contribution in [3.63, 3.8) is 0 Å². The zero-order valence-corrected chi connectivity index (χ0v) is 10.4. The first-order valence-corrected chi connectivity index (χ1v) is 7.03. The molecular weight excluding hydrogens is 224 g/mol. The van der Waals surface area contributed by atoms with Crippen LogP contribution in [0.1, 0.15) is 32.6 Å². The molecule has 5 heteroatoms. The van der Waals surface area contributed by atoms with E-state index in [1.807, 2.05) is 11.8 Å². The summed E-state index contributed by atoms with van der Waals surface area (Å²) in [5.41, 5.74) is 0. The van der Waals surface area contributed by atoms with Crippen LogP contribution in [0, 0.1) is 0 Å². The van der Waals surface area contributed by atoms with Crippen LogP contribution in [-0.4, -0.2) is 40.3 Å². The third-order valence-corrected chi connectivity index (χ3v) is 4.82. The fourth-order valence-electron chi connectivity index (χ4n) is 2.48. The average Bonchev–Trinajstić information content (AvgIpc) is 2.72. The maximum absolute atomic E-state index is 10.8. The molecule has 0 radical (unpaired) electrons. The molecule has 92 valence electrons. The molecule has 2 aliphatic rings. The van der Waals surface area contributed by atoms with Gasteiger partial charge in [-0.1, -0.05) is 6.42 Å². The molecule has 0 aromatic rings. The van der Waals surface area contributed by atoms with Crippen LogP contribution >= 0.6 is 11.8 Å². The zero-order chi connectivity index (χ0) is 11.5. The van der Waals surface area contributed by atoms with Crippen molar-refractivity contribution >= 4 is 17.5 Å². The molecule has 0 aromatic carbocycles. The molecule has 2 heterocycles. The lowest BCUT2D eigenvalue weighted by Gasteiger charge is -2.17. The average molecular weight is 244 g/mol. The SMILES string of the molecule is CC(=O)CCCCC1SCC2NC(O)NC21. The lowest BCUT2D eigenvalue weighted by Crippen LogP contribution is -2.37. The van der Waals surface area contributed by atoms with Gasteiger partial charge in [0.05, 0.1) is 0 Å². The molecule has 2 saturated heterocycles. The van der Waals surface area contributed by atoms with E-state index in [2.05, 4.69) is 10.6 Å². The van der Waals surface area contributed by atoms with Crippen molar-refractivity contribution in [3.05, 3.63) is 0 Å². The minimum Gasteiger partial charge on any atom is -0.365 e. The Morgan fingerprint density at radius 2 is 2.25 bits per heavy atom. The number of hydrogen-bond donors (Lipinski definition) is 3. The van der Waals surface area contributed by atoms with Crippen molar-refractivity contribution in [3.8, 4) is 0 Å². The van der Waals surface area contributed by atoms with E-state index in [1.165, 1.54) is 0 Å². The predicted molar refractivity (Wildman–Crippen MR) is 65.2 cm³/mol. The largest absolute Gasteiger partial charge is 0.365 e. The highest BCUT2D eigenvalue weighted by Crippen LogP contribution is 2.33. The first-order valence-electron chi connectivity index (χ1n) is 5.98.